The summed E-state index contributed by atoms with van der Waals surface area (Å²) in [6.07, 6.45) is 3.51. The van der Waals surface area contributed by atoms with Crippen LogP contribution in [0.5, 0.6) is 0 Å². The molecule has 1 N–H and O–H groups in total. The molecule has 0 amide bonds. The Bertz CT molecular complexity index is 203. The molecule has 0 aromatic carbocycles. The first-order chi connectivity index (χ1) is 6.77. The first-order valence-electron chi connectivity index (χ1n) is 5.26. The summed E-state index contributed by atoms with van der Waals surface area (Å²) < 4.78 is 4.94. The topological polar surface area (TPSA) is 38.3 Å². The van der Waals surface area contributed by atoms with Gasteiger partial charge in [0.2, 0.25) is 0 Å². The Balaban J connectivity index is 2.39. The van der Waals surface area contributed by atoms with E-state index in [1.807, 2.05) is 13.0 Å². The van der Waals surface area contributed by atoms with Gasteiger partial charge >= 0.3 is 5.97 Å². The number of rotatable bonds is 4. The molecule has 1 heterocycles. The monoisotopic (exact) mass is 197 g/mol. The number of carbonyl (C=O) groups is 1. The van der Waals surface area contributed by atoms with Gasteiger partial charge in [0, 0.05) is 13.0 Å². The molecule has 1 aliphatic heterocycles. The predicted molar refractivity (Wildman–Crippen MR) is 55.9 cm³/mol. The lowest BCUT2D eigenvalue weighted by atomic mass is 9.84. The maximum absolute atomic E-state index is 11.3. The van der Waals surface area contributed by atoms with E-state index in [9.17, 15) is 4.79 Å². The van der Waals surface area contributed by atoms with Gasteiger partial charge in [0.05, 0.1) is 6.61 Å². The van der Waals surface area contributed by atoms with Crippen LogP contribution in [0.3, 0.4) is 0 Å². The minimum atomic E-state index is -0.0775. The number of ether oxygens (including phenoxy) is 1. The molecule has 0 spiro atoms. The van der Waals surface area contributed by atoms with Gasteiger partial charge in [-0.15, -0.1) is 6.58 Å². The third kappa shape index (κ3) is 3.14. The molecular weight excluding hydrogens is 178 g/mol. The summed E-state index contributed by atoms with van der Waals surface area (Å²) in [4.78, 5) is 11.3. The first kappa shape index (κ1) is 11.2. The molecule has 2 atom stereocenters. The molecule has 14 heavy (non-hydrogen) atoms. The molecule has 0 saturated carbocycles. The average Bonchev–Trinajstić information content (AvgIpc) is 2.19. The summed E-state index contributed by atoms with van der Waals surface area (Å²) >= 11 is 0. The van der Waals surface area contributed by atoms with Crippen molar-refractivity contribution in [2.24, 2.45) is 11.8 Å². The smallest absolute Gasteiger partial charge is 0.306 e. The summed E-state index contributed by atoms with van der Waals surface area (Å²) in [5.74, 6) is 0.743. The molecule has 1 rings (SSSR count). The third-order valence-corrected chi connectivity index (χ3v) is 2.71. The van der Waals surface area contributed by atoms with Crippen LogP contribution in [0.2, 0.25) is 0 Å². The molecule has 0 aromatic rings. The van der Waals surface area contributed by atoms with Crippen molar-refractivity contribution < 1.29 is 9.53 Å². The van der Waals surface area contributed by atoms with Gasteiger partial charge < -0.3 is 10.1 Å². The Morgan fingerprint density at radius 3 is 3.14 bits per heavy atom. The predicted octanol–water partition coefficient (Wildman–Crippen LogP) is 1.35. The average molecular weight is 197 g/mol. The SMILES string of the molecule is C=C[C@H]1CNCC[C@H]1CC(=O)OCC. The van der Waals surface area contributed by atoms with Crippen molar-refractivity contribution >= 4 is 5.97 Å². The van der Waals surface area contributed by atoms with E-state index in [4.69, 9.17) is 4.74 Å². The van der Waals surface area contributed by atoms with Crippen molar-refractivity contribution in [3.8, 4) is 0 Å². The molecule has 0 radical (unpaired) electrons. The Hall–Kier alpha value is -0.830. The highest BCUT2D eigenvalue weighted by atomic mass is 16.5. The van der Waals surface area contributed by atoms with E-state index in [1.54, 1.807) is 0 Å². The van der Waals surface area contributed by atoms with E-state index >= 15 is 0 Å². The lowest BCUT2D eigenvalue weighted by molar-refractivity contribution is -0.144. The molecule has 1 aliphatic rings. The second-order valence-corrected chi connectivity index (χ2v) is 3.66. The van der Waals surface area contributed by atoms with E-state index < -0.39 is 0 Å². The van der Waals surface area contributed by atoms with E-state index in [-0.39, 0.29) is 5.97 Å². The maximum atomic E-state index is 11.3. The zero-order valence-electron chi connectivity index (χ0n) is 8.79. The van der Waals surface area contributed by atoms with E-state index in [2.05, 4.69) is 11.9 Å². The first-order valence-corrected chi connectivity index (χ1v) is 5.26. The Labute approximate surface area is 85.5 Å². The normalized spacial score (nSPS) is 26.9. The molecule has 0 aliphatic carbocycles. The van der Waals surface area contributed by atoms with E-state index in [0.29, 0.717) is 24.9 Å². The zero-order chi connectivity index (χ0) is 10.4. The fourth-order valence-electron chi connectivity index (χ4n) is 1.90. The van der Waals surface area contributed by atoms with Gasteiger partial charge in [-0.1, -0.05) is 6.08 Å². The van der Waals surface area contributed by atoms with Crippen molar-refractivity contribution in [1.29, 1.82) is 0 Å². The van der Waals surface area contributed by atoms with Crippen molar-refractivity contribution in [3.63, 3.8) is 0 Å². The Morgan fingerprint density at radius 1 is 1.71 bits per heavy atom. The third-order valence-electron chi connectivity index (χ3n) is 2.71. The number of hydrogen-bond acceptors (Lipinski definition) is 3. The van der Waals surface area contributed by atoms with Gasteiger partial charge in [0.15, 0.2) is 0 Å². The van der Waals surface area contributed by atoms with Crippen molar-refractivity contribution in [2.75, 3.05) is 19.7 Å². The summed E-state index contributed by atoms with van der Waals surface area (Å²) in [6, 6.07) is 0. The molecule has 1 fully saturated rings. The summed E-state index contributed by atoms with van der Waals surface area (Å²) in [7, 11) is 0. The van der Waals surface area contributed by atoms with Gasteiger partial charge in [-0.25, -0.2) is 0 Å². The fourth-order valence-corrected chi connectivity index (χ4v) is 1.90. The van der Waals surface area contributed by atoms with Gasteiger partial charge in [0.1, 0.15) is 0 Å². The van der Waals surface area contributed by atoms with Crippen LogP contribution in [-0.2, 0) is 9.53 Å². The van der Waals surface area contributed by atoms with Crippen LogP contribution in [-0.4, -0.2) is 25.7 Å². The van der Waals surface area contributed by atoms with Gasteiger partial charge in [0.25, 0.3) is 0 Å². The largest absolute Gasteiger partial charge is 0.466 e. The van der Waals surface area contributed by atoms with E-state index in [0.717, 1.165) is 19.5 Å². The standard InChI is InChI=1S/C11H19NO2/c1-3-9-8-12-6-5-10(9)7-11(13)14-4-2/h3,9-10,12H,1,4-8H2,2H3/t9-,10-/m0/s1. The van der Waals surface area contributed by atoms with Gasteiger partial charge in [-0.05, 0) is 31.7 Å². The van der Waals surface area contributed by atoms with Crippen LogP contribution < -0.4 is 5.32 Å². The highest BCUT2D eigenvalue weighted by Gasteiger charge is 2.24. The molecule has 0 aromatic heterocycles. The fraction of sp³-hybridized carbons (Fsp3) is 0.727. The number of esters is 1. The van der Waals surface area contributed by atoms with E-state index in [1.165, 1.54) is 0 Å². The summed E-state index contributed by atoms with van der Waals surface area (Å²) in [5.41, 5.74) is 0. The lowest BCUT2D eigenvalue weighted by Crippen LogP contribution is -2.36. The maximum Gasteiger partial charge on any atom is 0.306 e. The van der Waals surface area contributed by atoms with Crippen LogP contribution >= 0.6 is 0 Å². The molecule has 3 heteroatoms. The summed E-state index contributed by atoms with van der Waals surface area (Å²) in [6.45, 7) is 8.04. The zero-order valence-corrected chi connectivity index (χ0v) is 8.79. The Kier molecular flexibility index (Phi) is 4.66. The van der Waals surface area contributed by atoms with Crippen molar-refractivity contribution in [1.82, 2.24) is 5.32 Å². The number of nitrogens with one attached hydrogen (secondary N) is 1. The van der Waals surface area contributed by atoms with Gasteiger partial charge in [-0.2, -0.15) is 0 Å². The van der Waals surface area contributed by atoms with Crippen LogP contribution in [0.25, 0.3) is 0 Å². The summed E-state index contributed by atoms with van der Waals surface area (Å²) in [5, 5.41) is 3.30. The lowest BCUT2D eigenvalue weighted by Gasteiger charge is -2.29. The second kappa shape index (κ2) is 5.81. The highest BCUT2D eigenvalue weighted by Crippen LogP contribution is 2.23. The van der Waals surface area contributed by atoms with Gasteiger partial charge in [-0.3, -0.25) is 4.79 Å². The van der Waals surface area contributed by atoms with Crippen molar-refractivity contribution in [2.45, 2.75) is 19.8 Å². The minimum Gasteiger partial charge on any atom is -0.466 e. The van der Waals surface area contributed by atoms with Crippen LogP contribution in [0.4, 0.5) is 0 Å². The molecule has 0 unspecified atom stereocenters. The number of carbonyl (C=O) groups excluding carboxylic acids is 1. The highest BCUT2D eigenvalue weighted by molar-refractivity contribution is 5.69. The van der Waals surface area contributed by atoms with Crippen molar-refractivity contribution in [3.05, 3.63) is 12.7 Å². The second-order valence-electron chi connectivity index (χ2n) is 3.66. The molecule has 0 bridgehead atoms. The molecule has 1 saturated heterocycles. The molecule has 80 valence electrons. The number of piperidine rings is 1. The minimum absolute atomic E-state index is 0.0775. The Morgan fingerprint density at radius 2 is 2.50 bits per heavy atom. The van der Waals surface area contributed by atoms with Crippen LogP contribution in [0.1, 0.15) is 19.8 Å². The van der Waals surface area contributed by atoms with Crippen LogP contribution in [0, 0.1) is 11.8 Å². The molecular formula is C11H19NO2. The quantitative estimate of drug-likeness (QED) is 0.546. The number of hydrogen-bond donors (Lipinski definition) is 1. The van der Waals surface area contributed by atoms with Crippen LogP contribution in [0.15, 0.2) is 12.7 Å². The molecule has 3 nitrogen and oxygen atoms in total.